The average Bonchev–Trinajstić information content (AvgIpc) is 3.51. The van der Waals surface area contributed by atoms with Crippen LogP contribution in [0.2, 0.25) is 0 Å². The fourth-order valence-electron chi connectivity index (χ4n) is 5.94. The fraction of sp³-hybridized carbons (Fsp3) is 0.483. The van der Waals surface area contributed by atoms with E-state index < -0.39 is 0 Å². The number of piperidine rings is 1. The van der Waals surface area contributed by atoms with Crippen LogP contribution in [0.1, 0.15) is 53.6 Å². The van der Waals surface area contributed by atoms with Gasteiger partial charge in [-0.2, -0.15) is 0 Å². The Morgan fingerprint density at radius 3 is 2.51 bits per heavy atom. The number of nitrogens with zero attached hydrogens (tertiary/aromatic N) is 3. The second-order valence-corrected chi connectivity index (χ2v) is 10.3. The summed E-state index contributed by atoms with van der Waals surface area (Å²) in [5, 5.41) is 0. The molecule has 3 heterocycles. The molecule has 0 unspecified atom stereocenters. The molecule has 2 fully saturated rings. The highest BCUT2D eigenvalue weighted by atomic mass is 16.5. The SMILES string of the molecule is COC(=O)c1ccc(N2CCC(N3CC[C@@H](CC(=O)CC4=Nc5c(C)cccc5C4)C3)CC2)cc1. The Labute approximate surface area is 208 Å². The number of anilines is 1. The summed E-state index contributed by atoms with van der Waals surface area (Å²) in [6, 6.07) is 14.6. The number of para-hydroxylation sites is 1. The number of methoxy groups -OCH3 is 1. The molecular formula is C29H35N3O3. The number of hydrogen-bond donors (Lipinski definition) is 0. The highest BCUT2D eigenvalue weighted by molar-refractivity contribution is 6.06. The van der Waals surface area contributed by atoms with Crippen LogP contribution in [0.15, 0.2) is 47.5 Å². The molecule has 0 aliphatic carbocycles. The predicted molar refractivity (Wildman–Crippen MR) is 139 cm³/mol. The maximum absolute atomic E-state index is 12.8. The molecule has 2 saturated heterocycles. The van der Waals surface area contributed by atoms with Crippen molar-refractivity contribution in [3.63, 3.8) is 0 Å². The van der Waals surface area contributed by atoms with E-state index in [0.717, 1.165) is 68.9 Å². The Balaban J connectivity index is 1.07. The van der Waals surface area contributed by atoms with Crippen molar-refractivity contribution in [3.05, 3.63) is 59.2 Å². The molecule has 0 spiro atoms. The van der Waals surface area contributed by atoms with Crippen molar-refractivity contribution in [2.45, 2.75) is 51.5 Å². The Bertz CT molecular complexity index is 1120. The second kappa shape index (κ2) is 10.3. The number of rotatable bonds is 7. The summed E-state index contributed by atoms with van der Waals surface area (Å²) in [4.78, 5) is 34.3. The number of esters is 1. The number of aliphatic imine (C=N–C) groups is 1. The van der Waals surface area contributed by atoms with E-state index >= 15 is 0 Å². The van der Waals surface area contributed by atoms with E-state index in [9.17, 15) is 9.59 Å². The average molecular weight is 474 g/mol. The Hall–Kier alpha value is -2.99. The van der Waals surface area contributed by atoms with Crippen LogP contribution in [-0.4, -0.2) is 61.7 Å². The lowest BCUT2D eigenvalue weighted by molar-refractivity contribution is -0.118. The minimum absolute atomic E-state index is 0.297. The van der Waals surface area contributed by atoms with Crippen molar-refractivity contribution < 1.29 is 14.3 Å². The van der Waals surface area contributed by atoms with Gasteiger partial charge in [0.25, 0.3) is 0 Å². The van der Waals surface area contributed by atoms with Crippen LogP contribution >= 0.6 is 0 Å². The number of carbonyl (C=O) groups is 2. The molecule has 184 valence electrons. The van der Waals surface area contributed by atoms with Gasteiger partial charge in [-0.1, -0.05) is 18.2 Å². The molecule has 0 radical (unpaired) electrons. The van der Waals surface area contributed by atoms with Crippen molar-refractivity contribution in [1.29, 1.82) is 0 Å². The van der Waals surface area contributed by atoms with Gasteiger partial charge in [0.05, 0.1) is 18.4 Å². The van der Waals surface area contributed by atoms with Gasteiger partial charge in [-0.3, -0.25) is 14.7 Å². The monoisotopic (exact) mass is 473 g/mol. The van der Waals surface area contributed by atoms with Crippen LogP contribution < -0.4 is 4.90 Å². The molecule has 6 nitrogen and oxygen atoms in total. The Morgan fingerprint density at radius 1 is 1.03 bits per heavy atom. The summed E-state index contributed by atoms with van der Waals surface area (Å²) >= 11 is 0. The molecule has 0 aromatic heterocycles. The van der Waals surface area contributed by atoms with Crippen molar-refractivity contribution in [1.82, 2.24) is 4.90 Å². The molecule has 0 bridgehead atoms. The van der Waals surface area contributed by atoms with Crippen molar-refractivity contribution in [3.8, 4) is 0 Å². The zero-order valence-corrected chi connectivity index (χ0v) is 20.8. The molecule has 0 N–H and O–H groups in total. The van der Waals surface area contributed by atoms with E-state index in [-0.39, 0.29) is 5.97 Å². The number of ketones is 1. The lowest BCUT2D eigenvalue weighted by Crippen LogP contribution is -2.44. The van der Waals surface area contributed by atoms with Crippen LogP contribution in [0.4, 0.5) is 11.4 Å². The van der Waals surface area contributed by atoms with Crippen LogP contribution in [-0.2, 0) is 16.0 Å². The zero-order chi connectivity index (χ0) is 24.4. The quantitative estimate of drug-likeness (QED) is 0.543. The minimum Gasteiger partial charge on any atom is -0.465 e. The first-order chi connectivity index (χ1) is 17.0. The largest absolute Gasteiger partial charge is 0.465 e. The van der Waals surface area contributed by atoms with E-state index in [1.165, 1.54) is 18.2 Å². The first-order valence-electron chi connectivity index (χ1n) is 12.8. The zero-order valence-electron chi connectivity index (χ0n) is 20.8. The van der Waals surface area contributed by atoms with E-state index in [2.05, 4.69) is 34.9 Å². The highest BCUT2D eigenvalue weighted by Gasteiger charge is 2.32. The van der Waals surface area contributed by atoms with Crippen molar-refractivity contribution in [2.24, 2.45) is 10.9 Å². The van der Waals surface area contributed by atoms with Crippen molar-refractivity contribution in [2.75, 3.05) is 38.2 Å². The number of carbonyl (C=O) groups excluding carboxylic acids is 2. The van der Waals surface area contributed by atoms with Crippen LogP contribution in [0, 0.1) is 12.8 Å². The molecule has 0 saturated carbocycles. The summed E-state index contributed by atoms with van der Waals surface area (Å²) in [6.45, 7) is 6.26. The van der Waals surface area contributed by atoms with E-state index in [1.807, 2.05) is 24.3 Å². The summed E-state index contributed by atoms with van der Waals surface area (Å²) in [5.74, 6) is 0.512. The number of fused-ring (bicyclic) bond motifs is 1. The first-order valence-corrected chi connectivity index (χ1v) is 12.8. The number of hydrogen-bond acceptors (Lipinski definition) is 6. The van der Waals surface area contributed by atoms with Gasteiger partial charge in [0, 0.05) is 56.3 Å². The third kappa shape index (κ3) is 5.32. The van der Waals surface area contributed by atoms with Gasteiger partial charge < -0.3 is 9.64 Å². The van der Waals surface area contributed by atoms with Crippen LogP contribution in [0.3, 0.4) is 0 Å². The maximum Gasteiger partial charge on any atom is 0.337 e. The fourth-order valence-corrected chi connectivity index (χ4v) is 5.94. The Kier molecular flexibility index (Phi) is 7.00. The molecule has 6 heteroatoms. The summed E-state index contributed by atoms with van der Waals surface area (Å²) in [6.07, 6.45) is 5.38. The normalized spacial score (nSPS) is 20.6. The van der Waals surface area contributed by atoms with Gasteiger partial charge in [0.15, 0.2) is 0 Å². The smallest absolute Gasteiger partial charge is 0.337 e. The van der Waals surface area contributed by atoms with Gasteiger partial charge in [-0.25, -0.2) is 4.79 Å². The lowest BCUT2D eigenvalue weighted by atomic mass is 9.97. The van der Waals surface area contributed by atoms with Gasteiger partial charge >= 0.3 is 5.97 Å². The minimum atomic E-state index is -0.297. The van der Waals surface area contributed by atoms with Gasteiger partial charge in [0.1, 0.15) is 5.78 Å². The van der Waals surface area contributed by atoms with Gasteiger partial charge in [-0.05, 0) is 74.0 Å². The molecule has 2 aromatic rings. The molecule has 3 aliphatic rings. The van der Waals surface area contributed by atoms with Crippen LogP contribution in [0.5, 0.6) is 0 Å². The van der Waals surface area contributed by atoms with Gasteiger partial charge in [0.2, 0.25) is 0 Å². The molecule has 2 aromatic carbocycles. The molecule has 35 heavy (non-hydrogen) atoms. The highest BCUT2D eigenvalue weighted by Crippen LogP contribution is 2.32. The number of Topliss-reactive ketones (excluding diaryl/α,β-unsaturated/α-hetero) is 1. The number of ether oxygens (including phenoxy) is 1. The topological polar surface area (TPSA) is 62.2 Å². The standard InChI is InChI=1S/C29H35N3O3/c1-20-4-3-5-23-17-24(30-28(20)23)18-27(33)16-21-10-13-32(19-21)26-11-14-31(15-12-26)25-8-6-22(7-9-25)29(34)35-2/h3-9,21,26H,10-19H2,1-2H3/t21-/m0/s1. The van der Waals surface area contributed by atoms with E-state index in [0.29, 0.717) is 36.1 Å². The summed E-state index contributed by atoms with van der Waals surface area (Å²) in [7, 11) is 1.41. The Morgan fingerprint density at radius 2 is 1.80 bits per heavy atom. The third-order valence-corrected chi connectivity index (χ3v) is 7.86. The maximum atomic E-state index is 12.8. The van der Waals surface area contributed by atoms with Crippen molar-refractivity contribution >= 4 is 28.8 Å². The molecule has 5 rings (SSSR count). The van der Waals surface area contributed by atoms with Gasteiger partial charge in [-0.15, -0.1) is 0 Å². The molecular weight excluding hydrogens is 438 g/mol. The van der Waals surface area contributed by atoms with E-state index in [1.54, 1.807) is 0 Å². The number of benzene rings is 2. The molecule has 1 atom stereocenters. The second-order valence-electron chi connectivity index (χ2n) is 10.3. The lowest BCUT2D eigenvalue weighted by Gasteiger charge is -2.38. The summed E-state index contributed by atoms with van der Waals surface area (Å²) < 4.78 is 4.79. The summed E-state index contributed by atoms with van der Waals surface area (Å²) in [5.41, 5.74) is 6.30. The predicted octanol–water partition coefficient (Wildman–Crippen LogP) is 4.75. The third-order valence-electron chi connectivity index (χ3n) is 7.86. The first kappa shape index (κ1) is 23.7. The molecule has 0 amide bonds. The van der Waals surface area contributed by atoms with Crippen LogP contribution in [0.25, 0.3) is 0 Å². The number of aryl methyl sites for hydroxylation is 1. The molecule has 3 aliphatic heterocycles. The van der Waals surface area contributed by atoms with E-state index in [4.69, 9.17) is 9.73 Å². The number of likely N-dealkylation sites (tertiary alicyclic amines) is 1.